The third-order valence-corrected chi connectivity index (χ3v) is 10.5. The summed E-state index contributed by atoms with van der Waals surface area (Å²) in [6, 6.07) is 0. The van der Waals surface area contributed by atoms with E-state index >= 15 is 0 Å². The number of carbonyl (C=O) groups is 1. The van der Waals surface area contributed by atoms with Crippen LogP contribution in [0.15, 0.2) is 23.8 Å². The molecule has 8 atom stereocenters. The van der Waals surface area contributed by atoms with E-state index in [-0.39, 0.29) is 28.6 Å². The molecule has 3 fully saturated rings. The minimum atomic E-state index is -0.694. The molecule has 0 spiro atoms. The number of rotatable bonds is 5. The van der Waals surface area contributed by atoms with Crippen molar-refractivity contribution in [3.63, 3.8) is 0 Å². The fourth-order valence-corrected chi connectivity index (χ4v) is 8.42. The molecule has 0 aromatic rings. The van der Waals surface area contributed by atoms with Gasteiger partial charge in [-0.3, -0.25) is 4.79 Å². The van der Waals surface area contributed by atoms with E-state index in [2.05, 4.69) is 41.2 Å². The first-order valence-corrected chi connectivity index (χ1v) is 12.7. The van der Waals surface area contributed by atoms with Crippen LogP contribution in [-0.2, 0) is 4.79 Å². The van der Waals surface area contributed by atoms with E-state index in [1.54, 1.807) is 0 Å². The smallest absolute Gasteiger partial charge is 0.155 e. The van der Waals surface area contributed by atoms with E-state index in [0.717, 1.165) is 44.9 Å². The highest BCUT2D eigenvalue weighted by Crippen LogP contribution is 2.68. The van der Waals surface area contributed by atoms with Crippen LogP contribution in [0.25, 0.3) is 0 Å². The van der Waals surface area contributed by atoms with Crippen molar-refractivity contribution in [1.29, 1.82) is 0 Å². The fourth-order valence-electron chi connectivity index (χ4n) is 8.42. The molecule has 31 heavy (non-hydrogen) atoms. The molecular formula is C28H44O3. The Labute approximate surface area is 189 Å². The third-order valence-electron chi connectivity index (χ3n) is 10.5. The summed E-state index contributed by atoms with van der Waals surface area (Å²) in [5.41, 5.74) is 1.88. The Morgan fingerprint density at radius 2 is 1.94 bits per heavy atom. The van der Waals surface area contributed by atoms with E-state index in [0.29, 0.717) is 36.5 Å². The molecule has 0 aromatic carbocycles. The SMILES string of the molecule is C=C(CC[C@](C)(O)[C@H]1CC[C@H]2[C@H]3C(CC[C@@]21C)[C@@]1(C)CCC(=O)C=C1C[C@H]3O)C(C)C. The highest BCUT2D eigenvalue weighted by molar-refractivity contribution is 5.91. The number of carbonyl (C=O) groups excluding carboxylic acids is 1. The summed E-state index contributed by atoms with van der Waals surface area (Å²) in [5.74, 6) is 2.18. The average molecular weight is 429 g/mol. The fraction of sp³-hybridized carbons (Fsp3) is 0.821. The van der Waals surface area contributed by atoms with Gasteiger partial charge in [0, 0.05) is 6.42 Å². The van der Waals surface area contributed by atoms with Crippen LogP contribution in [0.4, 0.5) is 0 Å². The van der Waals surface area contributed by atoms with Crippen molar-refractivity contribution in [2.45, 2.75) is 104 Å². The lowest BCUT2D eigenvalue weighted by molar-refractivity contribution is -0.138. The number of aliphatic hydroxyl groups excluding tert-OH is 1. The van der Waals surface area contributed by atoms with Crippen LogP contribution in [-0.4, -0.2) is 27.7 Å². The zero-order valence-electron chi connectivity index (χ0n) is 20.4. The van der Waals surface area contributed by atoms with Crippen molar-refractivity contribution in [2.75, 3.05) is 0 Å². The number of aliphatic hydroxyl groups is 2. The maximum Gasteiger partial charge on any atom is 0.155 e. The van der Waals surface area contributed by atoms with E-state index in [4.69, 9.17) is 0 Å². The molecule has 3 nitrogen and oxygen atoms in total. The first-order valence-electron chi connectivity index (χ1n) is 12.7. The summed E-state index contributed by atoms with van der Waals surface area (Å²) in [6.07, 6.45) is 9.79. The third kappa shape index (κ3) is 3.68. The predicted molar refractivity (Wildman–Crippen MR) is 125 cm³/mol. The first-order chi connectivity index (χ1) is 14.4. The molecule has 174 valence electrons. The zero-order chi connectivity index (χ0) is 22.8. The van der Waals surface area contributed by atoms with E-state index in [1.165, 1.54) is 11.1 Å². The summed E-state index contributed by atoms with van der Waals surface area (Å²) in [7, 11) is 0. The van der Waals surface area contributed by atoms with Crippen molar-refractivity contribution in [3.05, 3.63) is 23.8 Å². The van der Waals surface area contributed by atoms with E-state index in [9.17, 15) is 15.0 Å². The highest BCUT2D eigenvalue weighted by Gasteiger charge is 2.63. The molecule has 4 rings (SSSR count). The minimum Gasteiger partial charge on any atom is -0.392 e. The topological polar surface area (TPSA) is 57.5 Å². The second kappa shape index (κ2) is 7.83. The second-order valence-electron chi connectivity index (χ2n) is 12.5. The molecule has 0 bridgehead atoms. The van der Waals surface area contributed by atoms with Gasteiger partial charge in [0.2, 0.25) is 0 Å². The van der Waals surface area contributed by atoms with Crippen molar-refractivity contribution in [1.82, 2.24) is 0 Å². The van der Waals surface area contributed by atoms with Crippen LogP contribution in [0, 0.1) is 40.4 Å². The average Bonchev–Trinajstić information content (AvgIpc) is 3.05. The van der Waals surface area contributed by atoms with E-state index in [1.807, 2.05) is 6.08 Å². The van der Waals surface area contributed by atoms with Crippen LogP contribution in [0.5, 0.6) is 0 Å². The largest absolute Gasteiger partial charge is 0.392 e. The normalized spacial score (nSPS) is 44.2. The number of fused-ring (bicyclic) bond motifs is 5. The summed E-state index contributed by atoms with van der Waals surface area (Å²) in [4.78, 5) is 12.1. The first kappa shape index (κ1) is 23.2. The number of allylic oxidation sites excluding steroid dienone is 1. The molecule has 1 unspecified atom stereocenters. The molecule has 3 heteroatoms. The molecule has 2 N–H and O–H groups in total. The maximum absolute atomic E-state index is 12.1. The van der Waals surface area contributed by atoms with Crippen LogP contribution in [0.3, 0.4) is 0 Å². The van der Waals surface area contributed by atoms with Gasteiger partial charge < -0.3 is 10.2 Å². The molecule has 0 heterocycles. The van der Waals surface area contributed by atoms with Crippen molar-refractivity contribution in [3.8, 4) is 0 Å². The molecule has 0 saturated heterocycles. The number of hydrogen-bond donors (Lipinski definition) is 2. The lowest BCUT2D eigenvalue weighted by Gasteiger charge is -2.60. The van der Waals surface area contributed by atoms with Crippen LogP contribution >= 0.6 is 0 Å². The second-order valence-corrected chi connectivity index (χ2v) is 12.5. The van der Waals surface area contributed by atoms with Gasteiger partial charge in [-0.05, 0) is 105 Å². The maximum atomic E-state index is 12.1. The van der Waals surface area contributed by atoms with Gasteiger partial charge in [0.25, 0.3) is 0 Å². The van der Waals surface area contributed by atoms with Gasteiger partial charge in [0.05, 0.1) is 11.7 Å². The van der Waals surface area contributed by atoms with Gasteiger partial charge in [-0.1, -0.05) is 45.4 Å². The van der Waals surface area contributed by atoms with Gasteiger partial charge in [0.15, 0.2) is 5.78 Å². The van der Waals surface area contributed by atoms with Crippen molar-refractivity contribution in [2.24, 2.45) is 40.4 Å². The molecule has 0 radical (unpaired) electrons. The molecule has 3 saturated carbocycles. The summed E-state index contributed by atoms with van der Waals surface area (Å²) in [6.45, 7) is 15.4. The lowest BCUT2D eigenvalue weighted by Crippen LogP contribution is -2.57. The molecule has 0 aliphatic heterocycles. The van der Waals surface area contributed by atoms with Crippen molar-refractivity contribution < 1.29 is 15.0 Å². The standard InChI is InChI=1S/C28H44O3/c1-17(2)18(3)9-14-28(6,31)24-8-7-21-25-22(11-13-27(21,24)5)26(4)12-10-20(29)15-19(26)16-23(25)30/h15,17,21-25,30-31H,3,7-14,16H2,1-2,4-6H3/t21-,22?,23+,24-,25-,26-,27-,28-/m0/s1. The summed E-state index contributed by atoms with van der Waals surface area (Å²) < 4.78 is 0. The Morgan fingerprint density at radius 1 is 1.23 bits per heavy atom. The highest BCUT2D eigenvalue weighted by atomic mass is 16.3. The number of hydrogen-bond acceptors (Lipinski definition) is 3. The molecule has 0 aromatic heterocycles. The van der Waals surface area contributed by atoms with E-state index < -0.39 is 5.60 Å². The summed E-state index contributed by atoms with van der Waals surface area (Å²) >= 11 is 0. The summed E-state index contributed by atoms with van der Waals surface area (Å²) in [5, 5.41) is 22.9. The molecule has 4 aliphatic rings. The predicted octanol–water partition coefficient (Wildman–Crippen LogP) is 5.85. The quantitative estimate of drug-likeness (QED) is 0.540. The van der Waals surface area contributed by atoms with Crippen LogP contribution < -0.4 is 0 Å². The Morgan fingerprint density at radius 3 is 2.61 bits per heavy atom. The Kier molecular flexibility index (Phi) is 5.87. The van der Waals surface area contributed by atoms with Gasteiger partial charge >= 0.3 is 0 Å². The van der Waals surface area contributed by atoms with Gasteiger partial charge in [-0.15, -0.1) is 0 Å². The zero-order valence-corrected chi connectivity index (χ0v) is 20.4. The molecule has 0 amide bonds. The van der Waals surface area contributed by atoms with Crippen molar-refractivity contribution >= 4 is 5.78 Å². The molecular weight excluding hydrogens is 384 g/mol. The number of ketones is 1. The molecule has 4 aliphatic carbocycles. The Hall–Kier alpha value is -0.930. The van der Waals surface area contributed by atoms with Gasteiger partial charge in [-0.2, -0.15) is 0 Å². The lowest BCUT2D eigenvalue weighted by atomic mass is 9.45. The monoisotopic (exact) mass is 428 g/mol. The van der Waals surface area contributed by atoms with Crippen LogP contribution in [0.1, 0.15) is 92.4 Å². The minimum absolute atomic E-state index is 0.0642. The van der Waals surface area contributed by atoms with Gasteiger partial charge in [0.1, 0.15) is 0 Å². The Bertz CT molecular complexity index is 777. The van der Waals surface area contributed by atoms with Crippen LogP contribution in [0.2, 0.25) is 0 Å². The Balaban J connectivity index is 1.58. The van der Waals surface area contributed by atoms with Gasteiger partial charge in [-0.25, -0.2) is 0 Å².